The molecule has 32 heavy (non-hydrogen) atoms. The molecule has 8 heteroatoms. The van der Waals surface area contributed by atoms with Crippen LogP contribution < -0.4 is 11.0 Å². The van der Waals surface area contributed by atoms with Crippen molar-refractivity contribution < 1.29 is 9.53 Å². The third kappa shape index (κ3) is 6.29. The molecule has 1 saturated heterocycles. The molecule has 3 rings (SSSR count). The number of amides is 1. The smallest absolute Gasteiger partial charge is 0.345 e. The van der Waals surface area contributed by atoms with E-state index in [4.69, 9.17) is 4.74 Å². The Labute approximate surface area is 190 Å². The molecule has 1 aliphatic rings. The molecule has 2 heterocycles. The second-order valence-electron chi connectivity index (χ2n) is 8.50. The number of piperidine rings is 1. The van der Waals surface area contributed by atoms with Gasteiger partial charge in [0, 0.05) is 25.3 Å². The van der Waals surface area contributed by atoms with Crippen LogP contribution in [0.4, 0.5) is 5.69 Å². The average molecular weight is 444 g/mol. The maximum atomic E-state index is 12.6. The van der Waals surface area contributed by atoms with Crippen molar-refractivity contribution in [2.24, 2.45) is 0 Å². The fourth-order valence-corrected chi connectivity index (χ4v) is 4.27. The highest BCUT2D eigenvalue weighted by atomic mass is 16.5. The Balaban J connectivity index is 1.50. The number of anilines is 1. The van der Waals surface area contributed by atoms with Crippen LogP contribution in [0.25, 0.3) is 0 Å². The number of benzene rings is 1. The number of hydrogen-bond donors (Lipinski definition) is 1. The Morgan fingerprint density at radius 2 is 1.91 bits per heavy atom. The number of carbonyl (C=O) groups is 1. The summed E-state index contributed by atoms with van der Waals surface area (Å²) in [4.78, 5) is 27.3. The highest BCUT2D eigenvalue weighted by Crippen LogP contribution is 2.26. The normalized spacial score (nSPS) is 15.2. The van der Waals surface area contributed by atoms with Gasteiger partial charge in [0.25, 0.3) is 0 Å². The Bertz CT molecular complexity index is 911. The molecule has 1 aromatic carbocycles. The molecule has 176 valence electrons. The number of hydrogen-bond acceptors (Lipinski definition) is 5. The van der Waals surface area contributed by atoms with Crippen LogP contribution in [0.3, 0.4) is 0 Å². The van der Waals surface area contributed by atoms with Crippen molar-refractivity contribution in [1.82, 2.24) is 19.2 Å². The Morgan fingerprint density at radius 3 is 2.53 bits per heavy atom. The first kappa shape index (κ1) is 24.2. The molecule has 0 atom stereocenters. The molecule has 2 aromatic rings. The lowest BCUT2D eigenvalue weighted by atomic mass is 9.96. The van der Waals surface area contributed by atoms with Gasteiger partial charge in [0.05, 0.1) is 19.7 Å². The van der Waals surface area contributed by atoms with E-state index in [-0.39, 0.29) is 17.5 Å². The minimum Gasteiger partial charge on any atom is -0.383 e. The topological polar surface area (TPSA) is 81.4 Å². The van der Waals surface area contributed by atoms with Crippen LogP contribution in [0.1, 0.15) is 56.8 Å². The Hall–Kier alpha value is -2.45. The van der Waals surface area contributed by atoms with Gasteiger partial charge in [-0.2, -0.15) is 5.10 Å². The predicted octanol–water partition coefficient (Wildman–Crippen LogP) is 2.87. The molecule has 1 aliphatic heterocycles. The van der Waals surface area contributed by atoms with E-state index in [0.717, 1.165) is 43.9 Å². The monoisotopic (exact) mass is 443 g/mol. The molecule has 8 nitrogen and oxygen atoms in total. The third-order valence-electron chi connectivity index (χ3n) is 6.15. The minimum atomic E-state index is -0.0675. The van der Waals surface area contributed by atoms with E-state index in [2.05, 4.69) is 34.4 Å². The molecule has 0 saturated carbocycles. The number of rotatable bonds is 11. The van der Waals surface area contributed by atoms with Crippen molar-refractivity contribution in [2.45, 2.75) is 65.0 Å². The highest BCUT2D eigenvalue weighted by molar-refractivity contribution is 5.92. The highest BCUT2D eigenvalue weighted by Gasteiger charge is 2.27. The fraction of sp³-hybridized carbons (Fsp3) is 0.625. The van der Waals surface area contributed by atoms with E-state index in [1.54, 1.807) is 11.7 Å². The first-order chi connectivity index (χ1) is 15.5. The SMILES string of the molecule is CCCCc1ccc(NC(=O)CN2CCC(c3nn(CCOC)c(=O)n3CC)CC2)cc1. The van der Waals surface area contributed by atoms with Gasteiger partial charge in [-0.1, -0.05) is 25.5 Å². The maximum Gasteiger partial charge on any atom is 0.345 e. The van der Waals surface area contributed by atoms with E-state index in [9.17, 15) is 9.59 Å². The minimum absolute atomic E-state index is 0.0130. The van der Waals surface area contributed by atoms with Gasteiger partial charge in [0.15, 0.2) is 0 Å². The molecule has 0 spiro atoms. The predicted molar refractivity (Wildman–Crippen MR) is 126 cm³/mol. The maximum absolute atomic E-state index is 12.6. The number of carbonyl (C=O) groups excluding carboxylic acids is 1. The lowest BCUT2D eigenvalue weighted by Gasteiger charge is -2.30. The third-order valence-corrected chi connectivity index (χ3v) is 6.15. The van der Waals surface area contributed by atoms with Gasteiger partial charge >= 0.3 is 5.69 Å². The van der Waals surface area contributed by atoms with Gasteiger partial charge in [0.1, 0.15) is 5.82 Å². The van der Waals surface area contributed by atoms with E-state index in [1.165, 1.54) is 23.1 Å². The molecule has 1 N–H and O–H groups in total. The number of aromatic nitrogens is 3. The standard InChI is InChI=1S/C24H37N5O3/c1-4-6-7-19-8-10-21(11-9-19)25-22(30)18-27-14-12-20(13-15-27)23-26-29(16-17-32-3)24(31)28(23)5-2/h8-11,20H,4-7,12-18H2,1-3H3,(H,25,30). The van der Waals surface area contributed by atoms with Crippen molar-refractivity contribution in [3.05, 3.63) is 46.1 Å². The summed E-state index contributed by atoms with van der Waals surface area (Å²) in [5.74, 6) is 1.11. The summed E-state index contributed by atoms with van der Waals surface area (Å²) in [6.07, 6.45) is 5.22. The van der Waals surface area contributed by atoms with Crippen LogP contribution in [0.2, 0.25) is 0 Å². The molecular weight excluding hydrogens is 406 g/mol. The molecule has 0 bridgehead atoms. The van der Waals surface area contributed by atoms with E-state index in [0.29, 0.717) is 26.2 Å². The summed E-state index contributed by atoms with van der Waals surface area (Å²) in [5, 5.41) is 7.61. The summed E-state index contributed by atoms with van der Waals surface area (Å²) in [5.41, 5.74) is 2.09. The summed E-state index contributed by atoms with van der Waals surface area (Å²) < 4.78 is 8.37. The van der Waals surface area contributed by atoms with Gasteiger partial charge in [-0.15, -0.1) is 0 Å². The number of nitrogens with one attached hydrogen (secondary N) is 1. The first-order valence-electron chi connectivity index (χ1n) is 11.8. The van der Waals surface area contributed by atoms with E-state index >= 15 is 0 Å². The quantitative estimate of drug-likeness (QED) is 0.578. The second kappa shape index (κ2) is 12.0. The van der Waals surface area contributed by atoms with Crippen molar-refractivity contribution in [3.63, 3.8) is 0 Å². The van der Waals surface area contributed by atoms with E-state index in [1.807, 2.05) is 19.1 Å². The molecule has 1 aromatic heterocycles. The second-order valence-corrected chi connectivity index (χ2v) is 8.50. The first-order valence-corrected chi connectivity index (χ1v) is 11.8. The number of methoxy groups -OCH3 is 1. The van der Waals surface area contributed by atoms with Gasteiger partial charge in [-0.05, 0) is 63.4 Å². The van der Waals surface area contributed by atoms with Crippen LogP contribution in [0.5, 0.6) is 0 Å². The van der Waals surface area contributed by atoms with Crippen LogP contribution in [0.15, 0.2) is 29.1 Å². The van der Waals surface area contributed by atoms with Crippen LogP contribution >= 0.6 is 0 Å². The van der Waals surface area contributed by atoms with Crippen LogP contribution in [0, 0.1) is 0 Å². The number of nitrogens with zero attached hydrogens (tertiary/aromatic N) is 4. The van der Waals surface area contributed by atoms with E-state index < -0.39 is 0 Å². The van der Waals surface area contributed by atoms with Crippen molar-refractivity contribution in [3.8, 4) is 0 Å². The van der Waals surface area contributed by atoms with Gasteiger partial charge in [-0.3, -0.25) is 14.3 Å². The number of aryl methyl sites for hydroxylation is 1. The number of likely N-dealkylation sites (tertiary alicyclic amines) is 1. The summed E-state index contributed by atoms with van der Waals surface area (Å²) in [7, 11) is 1.62. The molecule has 1 fully saturated rings. The zero-order valence-corrected chi connectivity index (χ0v) is 19.7. The zero-order chi connectivity index (χ0) is 22.9. The molecule has 1 amide bonds. The van der Waals surface area contributed by atoms with Crippen molar-refractivity contribution in [2.75, 3.05) is 38.7 Å². The lowest BCUT2D eigenvalue weighted by Crippen LogP contribution is -2.39. The lowest BCUT2D eigenvalue weighted by molar-refractivity contribution is -0.117. The van der Waals surface area contributed by atoms with Crippen molar-refractivity contribution >= 4 is 11.6 Å². The molecule has 0 unspecified atom stereocenters. The van der Waals surface area contributed by atoms with Crippen LogP contribution in [-0.4, -0.2) is 58.5 Å². The van der Waals surface area contributed by atoms with Crippen LogP contribution in [-0.2, 0) is 29.0 Å². The van der Waals surface area contributed by atoms with Gasteiger partial charge in [-0.25, -0.2) is 9.48 Å². The molecule has 0 radical (unpaired) electrons. The average Bonchev–Trinajstić information content (AvgIpc) is 3.12. The largest absolute Gasteiger partial charge is 0.383 e. The fourth-order valence-electron chi connectivity index (χ4n) is 4.27. The summed E-state index contributed by atoms with van der Waals surface area (Å²) >= 11 is 0. The zero-order valence-electron chi connectivity index (χ0n) is 19.7. The van der Waals surface area contributed by atoms with Gasteiger partial charge in [0.2, 0.25) is 5.91 Å². The molecule has 0 aliphatic carbocycles. The Kier molecular flexibility index (Phi) is 9.05. The number of ether oxygens (including phenoxy) is 1. The summed E-state index contributed by atoms with van der Waals surface area (Å²) in [6.45, 7) is 7.73. The van der Waals surface area contributed by atoms with Gasteiger partial charge < -0.3 is 10.1 Å². The Morgan fingerprint density at radius 1 is 1.19 bits per heavy atom. The van der Waals surface area contributed by atoms with Crippen molar-refractivity contribution in [1.29, 1.82) is 0 Å². The summed E-state index contributed by atoms with van der Waals surface area (Å²) in [6, 6.07) is 8.16. The molecular formula is C24H37N5O3. The number of unbranched alkanes of at least 4 members (excludes halogenated alkanes) is 1.